The number of benzene rings is 2. The molecule has 7 rings (SSSR count). The number of rotatable bonds is 5. The van der Waals surface area contributed by atoms with Crippen molar-refractivity contribution in [3.63, 3.8) is 0 Å². The molecule has 0 spiro atoms. The van der Waals surface area contributed by atoms with Crippen LogP contribution in [0.15, 0.2) is 54.9 Å². The first-order valence-electron chi connectivity index (χ1n) is 14.3. The normalized spacial score (nSPS) is 20.2. The average molecular weight is 539 g/mol. The van der Waals surface area contributed by atoms with Gasteiger partial charge in [-0.05, 0) is 62.2 Å². The van der Waals surface area contributed by atoms with Crippen LogP contribution in [0.5, 0.6) is 0 Å². The molecule has 2 aromatic heterocycles. The van der Waals surface area contributed by atoms with Gasteiger partial charge in [0.25, 0.3) is 5.91 Å². The highest BCUT2D eigenvalue weighted by Gasteiger charge is 2.41. The highest BCUT2D eigenvalue weighted by atomic mass is 16.5. The zero-order valence-electron chi connectivity index (χ0n) is 22.7. The van der Waals surface area contributed by atoms with Crippen LogP contribution in [0.3, 0.4) is 0 Å². The second-order valence-electron chi connectivity index (χ2n) is 10.9. The number of amides is 1. The Morgan fingerprint density at radius 3 is 2.55 bits per heavy atom. The van der Waals surface area contributed by atoms with Crippen LogP contribution in [0, 0.1) is 0 Å². The van der Waals surface area contributed by atoms with Gasteiger partial charge in [0.05, 0.1) is 31.1 Å². The number of ether oxygens (including phenoxy) is 1. The lowest BCUT2D eigenvalue weighted by Gasteiger charge is -2.45. The molecule has 1 aliphatic carbocycles. The number of hydrogen-bond donors (Lipinski definition) is 2. The molecule has 10 nitrogen and oxygen atoms in total. The molecule has 2 aliphatic heterocycles. The van der Waals surface area contributed by atoms with Crippen LogP contribution in [-0.2, 0) is 9.53 Å². The van der Waals surface area contributed by atoms with Crippen LogP contribution in [0.25, 0.3) is 10.9 Å². The molecule has 40 heavy (non-hydrogen) atoms. The van der Waals surface area contributed by atoms with Crippen molar-refractivity contribution in [2.75, 3.05) is 46.3 Å². The first kappa shape index (κ1) is 24.8. The number of aromatic amines is 1. The molecule has 1 saturated carbocycles. The molecule has 1 saturated heterocycles. The molecule has 0 unspecified atom stereocenters. The summed E-state index contributed by atoms with van der Waals surface area (Å²) >= 11 is 0. The predicted octanol–water partition coefficient (Wildman–Crippen LogP) is 5.14. The number of hydrogen-bond acceptors (Lipinski definition) is 8. The van der Waals surface area contributed by atoms with Crippen LogP contribution < -0.4 is 20.0 Å². The lowest BCUT2D eigenvalue weighted by atomic mass is 9.92. The second kappa shape index (κ2) is 10.4. The van der Waals surface area contributed by atoms with Gasteiger partial charge in [0.1, 0.15) is 11.7 Å². The van der Waals surface area contributed by atoms with E-state index < -0.39 is 0 Å². The maximum absolute atomic E-state index is 14.0. The Labute approximate surface area is 233 Å². The Bertz CT molecular complexity index is 1510. The lowest BCUT2D eigenvalue weighted by molar-refractivity contribution is -0.119. The molecule has 10 heteroatoms. The fourth-order valence-electron chi connectivity index (χ4n) is 6.28. The minimum absolute atomic E-state index is 0.0481. The summed E-state index contributed by atoms with van der Waals surface area (Å²) in [5, 5.41) is 11.5. The third-order valence-corrected chi connectivity index (χ3v) is 8.38. The summed E-state index contributed by atoms with van der Waals surface area (Å²) in [7, 11) is 0. The van der Waals surface area contributed by atoms with Crippen LogP contribution in [0.4, 0.5) is 34.5 Å². The Morgan fingerprint density at radius 2 is 1.75 bits per heavy atom. The number of carbonyl (C=O) groups is 1. The molecule has 3 aliphatic rings. The summed E-state index contributed by atoms with van der Waals surface area (Å²) in [5.74, 6) is 1.36. The van der Waals surface area contributed by atoms with Crippen molar-refractivity contribution < 1.29 is 9.53 Å². The zero-order chi connectivity index (χ0) is 27.1. The van der Waals surface area contributed by atoms with Crippen LogP contribution in [0.2, 0.25) is 0 Å². The largest absolute Gasteiger partial charge is 0.378 e. The number of nitrogens with one attached hydrogen (secondary N) is 2. The first-order valence-corrected chi connectivity index (χ1v) is 14.3. The van der Waals surface area contributed by atoms with Gasteiger partial charge in [-0.25, -0.2) is 4.98 Å². The van der Waals surface area contributed by atoms with Gasteiger partial charge in [-0.2, -0.15) is 10.1 Å². The van der Waals surface area contributed by atoms with E-state index in [1.165, 1.54) is 19.3 Å². The van der Waals surface area contributed by atoms with E-state index in [0.717, 1.165) is 78.6 Å². The number of nitrogens with zero attached hydrogens (tertiary/aromatic N) is 6. The Morgan fingerprint density at radius 1 is 0.975 bits per heavy atom. The monoisotopic (exact) mass is 538 g/mol. The topological polar surface area (TPSA) is 103 Å². The number of morpholine rings is 1. The Kier molecular flexibility index (Phi) is 6.47. The fourth-order valence-corrected chi connectivity index (χ4v) is 6.28. The van der Waals surface area contributed by atoms with Crippen molar-refractivity contribution in [3.05, 3.63) is 54.9 Å². The van der Waals surface area contributed by atoms with Gasteiger partial charge in [0.15, 0.2) is 5.82 Å². The molecule has 2 fully saturated rings. The highest BCUT2D eigenvalue weighted by Crippen LogP contribution is 2.43. The lowest BCUT2D eigenvalue weighted by Crippen LogP contribution is -2.55. The Balaban J connectivity index is 1.25. The van der Waals surface area contributed by atoms with Gasteiger partial charge in [-0.15, -0.1) is 0 Å². The molecule has 4 heterocycles. The van der Waals surface area contributed by atoms with E-state index in [4.69, 9.17) is 9.72 Å². The van der Waals surface area contributed by atoms with Gasteiger partial charge >= 0.3 is 0 Å². The van der Waals surface area contributed by atoms with Gasteiger partial charge in [-0.1, -0.05) is 19.3 Å². The quantitative estimate of drug-likeness (QED) is 0.360. The molecule has 206 valence electrons. The number of carbonyl (C=O) groups excluding carboxylic acids is 1. The predicted molar refractivity (Wildman–Crippen MR) is 157 cm³/mol. The van der Waals surface area contributed by atoms with Gasteiger partial charge < -0.3 is 19.9 Å². The third-order valence-electron chi connectivity index (χ3n) is 8.38. The number of fused-ring (bicyclic) bond motifs is 2. The molecule has 1 amide bonds. The summed E-state index contributed by atoms with van der Waals surface area (Å²) in [4.78, 5) is 30.1. The van der Waals surface area contributed by atoms with Gasteiger partial charge in [0.2, 0.25) is 5.95 Å². The van der Waals surface area contributed by atoms with E-state index in [0.29, 0.717) is 5.95 Å². The van der Waals surface area contributed by atoms with Crippen molar-refractivity contribution in [2.24, 2.45) is 0 Å². The maximum Gasteiger partial charge on any atom is 0.254 e. The maximum atomic E-state index is 14.0. The van der Waals surface area contributed by atoms with Crippen LogP contribution in [0.1, 0.15) is 39.0 Å². The minimum Gasteiger partial charge on any atom is -0.378 e. The number of anilines is 6. The Hall–Kier alpha value is -4.18. The third kappa shape index (κ3) is 4.52. The summed E-state index contributed by atoms with van der Waals surface area (Å²) in [6.45, 7) is 5.22. The summed E-state index contributed by atoms with van der Waals surface area (Å²) in [6.07, 6.45) is 9.31. The number of H-pyrrole nitrogens is 1. The molecule has 2 N–H and O–H groups in total. The van der Waals surface area contributed by atoms with Crippen LogP contribution >= 0.6 is 0 Å². The summed E-state index contributed by atoms with van der Waals surface area (Å²) in [6, 6.07) is 14.2. The van der Waals surface area contributed by atoms with E-state index in [-0.39, 0.29) is 18.0 Å². The smallest absolute Gasteiger partial charge is 0.254 e. The molecule has 0 radical (unpaired) electrons. The van der Waals surface area contributed by atoms with E-state index in [1.54, 1.807) is 17.3 Å². The van der Waals surface area contributed by atoms with E-state index in [1.807, 2.05) is 37.3 Å². The summed E-state index contributed by atoms with van der Waals surface area (Å²) < 4.78 is 5.50. The molecule has 0 bridgehead atoms. The molecule has 2 aromatic carbocycles. The molecular formula is C30H34N8O2. The average Bonchev–Trinajstić information content (AvgIpc) is 3.47. The summed E-state index contributed by atoms with van der Waals surface area (Å²) in [5.41, 5.74) is 4.55. The van der Waals surface area contributed by atoms with Crippen molar-refractivity contribution in [1.82, 2.24) is 20.2 Å². The van der Waals surface area contributed by atoms with Crippen molar-refractivity contribution in [2.45, 2.75) is 51.1 Å². The molecule has 4 aromatic rings. The van der Waals surface area contributed by atoms with Crippen molar-refractivity contribution >= 4 is 51.3 Å². The van der Waals surface area contributed by atoms with Gasteiger partial charge in [0, 0.05) is 41.6 Å². The molecule has 1 atom stereocenters. The van der Waals surface area contributed by atoms with Crippen molar-refractivity contribution in [3.8, 4) is 0 Å². The molecular weight excluding hydrogens is 504 g/mol. The number of aromatic nitrogens is 4. The SMILES string of the molecule is C[C@@H]1C(=O)N(c2ccc(N3CCOCC3)cc2)c2cnc(Nc3ccc4[nH]ncc4c3)nc2N1C1CCCCC1. The fraction of sp³-hybridized carbons (Fsp3) is 0.400. The van der Waals surface area contributed by atoms with E-state index in [9.17, 15) is 4.79 Å². The van der Waals surface area contributed by atoms with E-state index in [2.05, 4.69) is 42.4 Å². The second-order valence-corrected chi connectivity index (χ2v) is 10.9. The van der Waals surface area contributed by atoms with Crippen molar-refractivity contribution in [1.29, 1.82) is 0 Å². The van der Waals surface area contributed by atoms with E-state index >= 15 is 0 Å². The zero-order valence-corrected chi connectivity index (χ0v) is 22.7. The highest BCUT2D eigenvalue weighted by molar-refractivity contribution is 6.10. The van der Waals surface area contributed by atoms with Crippen LogP contribution in [-0.4, -0.2) is 64.5 Å². The minimum atomic E-state index is -0.334. The standard InChI is InChI=1S/C30H34N8O2/c1-20-29(39)38(25-10-8-23(9-11-25)36-13-15-40-16-14-36)27-19-31-30(33-22-7-12-26-21(17-22)18-32-35-26)34-28(27)37(20)24-5-3-2-4-6-24/h7-12,17-20,24H,2-6,13-16H2,1H3,(H,32,35)(H,31,33,34)/t20-/m1/s1. The first-order chi connectivity index (χ1) is 19.7. The van der Waals surface area contributed by atoms with Gasteiger partial charge in [-0.3, -0.25) is 14.8 Å².